The lowest BCUT2D eigenvalue weighted by atomic mass is 10.1. The number of hydrogen-bond donors (Lipinski definition) is 1. The number of nitrogens with one attached hydrogen (secondary N) is 1. The number of halogens is 2. The molecule has 0 aliphatic carbocycles. The topological polar surface area (TPSA) is 62.1 Å². The van der Waals surface area contributed by atoms with E-state index in [-0.39, 0.29) is 5.57 Å². The molecule has 144 valence electrons. The Morgan fingerprint density at radius 1 is 1.00 bits per heavy atom. The van der Waals surface area contributed by atoms with Gasteiger partial charge in [0, 0.05) is 21.3 Å². The minimum Gasteiger partial charge on any atom is -0.488 e. The number of amides is 1. The molecule has 0 bridgehead atoms. The summed E-state index contributed by atoms with van der Waals surface area (Å²) in [4.78, 5) is 12.5. The minimum absolute atomic E-state index is 0.0771. The van der Waals surface area contributed by atoms with Crippen LogP contribution in [0.25, 0.3) is 6.08 Å². The summed E-state index contributed by atoms with van der Waals surface area (Å²) in [6.45, 7) is 0.349. The van der Waals surface area contributed by atoms with Crippen LogP contribution in [0.5, 0.6) is 5.75 Å². The number of carbonyl (C=O) groups excluding carboxylic acids is 1. The van der Waals surface area contributed by atoms with Crippen molar-refractivity contribution in [3.8, 4) is 11.8 Å². The summed E-state index contributed by atoms with van der Waals surface area (Å²) in [5, 5.41) is 13.2. The molecule has 6 heteroatoms. The van der Waals surface area contributed by atoms with E-state index in [2.05, 4.69) is 5.32 Å². The highest BCUT2D eigenvalue weighted by Gasteiger charge is 2.12. The summed E-state index contributed by atoms with van der Waals surface area (Å²) in [6, 6.07) is 23.3. The van der Waals surface area contributed by atoms with Gasteiger partial charge >= 0.3 is 0 Å². The number of benzene rings is 3. The lowest BCUT2D eigenvalue weighted by Gasteiger charge is -2.11. The average Bonchev–Trinajstić information content (AvgIpc) is 2.73. The first-order valence-corrected chi connectivity index (χ1v) is 9.46. The number of hydrogen-bond acceptors (Lipinski definition) is 3. The van der Waals surface area contributed by atoms with Crippen LogP contribution in [0.1, 0.15) is 11.1 Å². The number of rotatable bonds is 6. The molecule has 4 nitrogen and oxygen atoms in total. The number of nitriles is 1. The van der Waals surface area contributed by atoms with E-state index in [1.165, 1.54) is 6.08 Å². The zero-order valence-corrected chi connectivity index (χ0v) is 16.7. The van der Waals surface area contributed by atoms with E-state index >= 15 is 0 Å². The molecule has 0 unspecified atom stereocenters. The number of nitrogens with zero attached hydrogens (tertiary/aromatic N) is 1. The summed E-state index contributed by atoms with van der Waals surface area (Å²) in [5.74, 6) is -0.0193. The summed E-state index contributed by atoms with van der Waals surface area (Å²) < 4.78 is 5.88. The summed E-state index contributed by atoms with van der Waals surface area (Å²) in [7, 11) is 0. The highest BCUT2D eigenvalue weighted by atomic mass is 35.5. The fourth-order valence-electron chi connectivity index (χ4n) is 2.53. The maximum absolute atomic E-state index is 12.5. The van der Waals surface area contributed by atoms with Gasteiger partial charge in [-0.3, -0.25) is 4.79 Å². The van der Waals surface area contributed by atoms with Crippen molar-refractivity contribution >= 4 is 40.9 Å². The fourth-order valence-corrected chi connectivity index (χ4v) is 2.84. The minimum atomic E-state index is -0.538. The molecule has 0 fully saturated rings. The van der Waals surface area contributed by atoms with Gasteiger partial charge in [0.05, 0.1) is 0 Å². The summed E-state index contributed by atoms with van der Waals surface area (Å²) in [6.07, 6.45) is 1.46. The molecule has 1 amide bonds. The van der Waals surface area contributed by atoms with Gasteiger partial charge in [0.1, 0.15) is 24.0 Å². The lowest BCUT2D eigenvalue weighted by molar-refractivity contribution is -0.112. The first-order valence-electron chi connectivity index (χ1n) is 8.70. The maximum atomic E-state index is 12.5. The molecular weight excluding hydrogens is 407 g/mol. The zero-order valence-electron chi connectivity index (χ0n) is 15.2. The summed E-state index contributed by atoms with van der Waals surface area (Å²) in [5.41, 5.74) is 1.99. The standard InChI is InChI=1S/C23H16Cl2N2O2/c24-19-6-9-21(10-7-19)27-23(28)18(14-26)12-17-13-20(25)8-11-22(17)29-15-16-4-2-1-3-5-16/h1-13H,15H2,(H,27,28)/b18-12+. The molecule has 0 atom stereocenters. The number of anilines is 1. The molecule has 0 radical (unpaired) electrons. The first kappa shape index (κ1) is 20.5. The highest BCUT2D eigenvalue weighted by molar-refractivity contribution is 6.31. The van der Waals surface area contributed by atoms with E-state index in [9.17, 15) is 10.1 Å². The van der Waals surface area contributed by atoms with Crippen LogP contribution in [0.15, 0.2) is 78.4 Å². The molecule has 0 heterocycles. The third-order valence-corrected chi connectivity index (χ3v) is 4.46. The smallest absolute Gasteiger partial charge is 0.266 e. The Hall–Kier alpha value is -3.26. The Bertz CT molecular complexity index is 1070. The van der Waals surface area contributed by atoms with Crippen molar-refractivity contribution in [3.63, 3.8) is 0 Å². The van der Waals surface area contributed by atoms with Crippen LogP contribution in [0.4, 0.5) is 5.69 Å². The molecule has 3 aromatic rings. The second-order valence-electron chi connectivity index (χ2n) is 6.09. The molecule has 0 saturated carbocycles. The van der Waals surface area contributed by atoms with E-state index < -0.39 is 5.91 Å². The Labute approximate surface area is 179 Å². The van der Waals surface area contributed by atoms with Crippen LogP contribution >= 0.6 is 23.2 Å². The van der Waals surface area contributed by atoms with Crippen LogP contribution in [-0.4, -0.2) is 5.91 Å². The molecular formula is C23H16Cl2N2O2. The lowest BCUT2D eigenvalue weighted by Crippen LogP contribution is -2.13. The molecule has 0 aliphatic heterocycles. The summed E-state index contributed by atoms with van der Waals surface area (Å²) >= 11 is 12.0. The molecule has 29 heavy (non-hydrogen) atoms. The predicted octanol–water partition coefficient (Wildman–Crippen LogP) is 6.12. The van der Waals surface area contributed by atoms with Gasteiger partial charge in [-0.05, 0) is 54.1 Å². The number of carbonyl (C=O) groups is 1. The Balaban J connectivity index is 1.82. The largest absolute Gasteiger partial charge is 0.488 e. The van der Waals surface area contributed by atoms with Gasteiger partial charge < -0.3 is 10.1 Å². The van der Waals surface area contributed by atoms with Gasteiger partial charge in [0.25, 0.3) is 5.91 Å². The third kappa shape index (κ3) is 5.86. The highest BCUT2D eigenvalue weighted by Crippen LogP contribution is 2.26. The van der Waals surface area contributed by atoms with Crippen LogP contribution < -0.4 is 10.1 Å². The quantitative estimate of drug-likeness (QED) is 0.384. The fraction of sp³-hybridized carbons (Fsp3) is 0.0435. The molecule has 3 aromatic carbocycles. The van der Waals surface area contributed by atoms with Gasteiger partial charge in [0.15, 0.2) is 0 Å². The van der Waals surface area contributed by atoms with Crippen molar-refractivity contribution in [2.24, 2.45) is 0 Å². The van der Waals surface area contributed by atoms with Crippen LogP contribution in [0.2, 0.25) is 10.0 Å². The van der Waals surface area contributed by atoms with E-state index in [1.54, 1.807) is 42.5 Å². The van der Waals surface area contributed by atoms with E-state index in [1.807, 2.05) is 36.4 Å². The Morgan fingerprint density at radius 3 is 2.38 bits per heavy atom. The second kappa shape index (κ2) is 9.79. The molecule has 0 spiro atoms. The van der Waals surface area contributed by atoms with Crippen LogP contribution in [0, 0.1) is 11.3 Å². The Morgan fingerprint density at radius 2 is 1.69 bits per heavy atom. The van der Waals surface area contributed by atoms with Crippen LogP contribution in [-0.2, 0) is 11.4 Å². The van der Waals surface area contributed by atoms with Crippen molar-refractivity contribution in [1.82, 2.24) is 0 Å². The molecule has 0 aromatic heterocycles. The van der Waals surface area contributed by atoms with Crippen molar-refractivity contribution in [1.29, 1.82) is 5.26 Å². The first-order chi connectivity index (χ1) is 14.0. The number of ether oxygens (including phenoxy) is 1. The van der Waals surface area contributed by atoms with E-state index in [4.69, 9.17) is 27.9 Å². The van der Waals surface area contributed by atoms with Gasteiger partial charge in [-0.25, -0.2) is 0 Å². The van der Waals surface area contributed by atoms with Gasteiger partial charge in [-0.2, -0.15) is 5.26 Å². The molecule has 0 aliphatic rings. The van der Waals surface area contributed by atoms with Gasteiger partial charge in [-0.1, -0.05) is 53.5 Å². The van der Waals surface area contributed by atoms with E-state index in [0.29, 0.717) is 33.7 Å². The van der Waals surface area contributed by atoms with Crippen LogP contribution in [0.3, 0.4) is 0 Å². The average molecular weight is 423 g/mol. The van der Waals surface area contributed by atoms with Crippen molar-refractivity contribution < 1.29 is 9.53 Å². The normalized spacial score (nSPS) is 10.9. The molecule has 1 N–H and O–H groups in total. The zero-order chi connectivity index (χ0) is 20.6. The maximum Gasteiger partial charge on any atom is 0.266 e. The second-order valence-corrected chi connectivity index (χ2v) is 6.96. The van der Waals surface area contributed by atoms with E-state index in [0.717, 1.165) is 5.56 Å². The van der Waals surface area contributed by atoms with Gasteiger partial charge in [-0.15, -0.1) is 0 Å². The predicted molar refractivity (Wildman–Crippen MR) is 116 cm³/mol. The Kier molecular flexibility index (Phi) is 6.91. The van der Waals surface area contributed by atoms with Crippen molar-refractivity contribution in [2.45, 2.75) is 6.61 Å². The van der Waals surface area contributed by atoms with Crippen molar-refractivity contribution in [3.05, 3.63) is 99.5 Å². The SMILES string of the molecule is N#C/C(=C\c1cc(Cl)ccc1OCc1ccccc1)C(=O)Nc1ccc(Cl)cc1. The third-order valence-electron chi connectivity index (χ3n) is 3.98. The molecule has 3 rings (SSSR count). The van der Waals surface area contributed by atoms with Crippen molar-refractivity contribution in [2.75, 3.05) is 5.32 Å². The monoisotopic (exact) mass is 422 g/mol. The molecule has 0 saturated heterocycles. The van der Waals surface area contributed by atoms with Gasteiger partial charge in [0.2, 0.25) is 0 Å².